The lowest BCUT2D eigenvalue weighted by atomic mass is 10.2. The Morgan fingerprint density at radius 1 is 1.23 bits per heavy atom. The lowest BCUT2D eigenvalue weighted by Crippen LogP contribution is -1.94. The summed E-state index contributed by atoms with van der Waals surface area (Å²) in [5, 5.41) is 1.24. The maximum atomic E-state index is 10.9. The molecule has 0 radical (unpaired) electrons. The number of rotatable bonds is 0. The van der Waals surface area contributed by atoms with Crippen molar-refractivity contribution in [3.8, 4) is 0 Å². The van der Waals surface area contributed by atoms with Crippen molar-refractivity contribution in [1.29, 1.82) is 0 Å². The molecule has 0 unspecified atom stereocenters. The van der Waals surface area contributed by atoms with Gasteiger partial charge in [0, 0.05) is 15.9 Å². The number of fused-ring (bicyclic) bond motifs is 1. The molecule has 0 spiro atoms. The molecule has 1 aromatic carbocycles. The first-order valence-electron chi connectivity index (χ1n) is 3.56. The molecule has 0 N–H and O–H groups in total. The van der Waals surface area contributed by atoms with Crippen LogP contribution in [-0.4, -0.2) is 0 Å². The van der Waals surface area contributed by atoms with Crippen LogP contribution < -0.4 is 5.63 Å². The molecular weight excluding hydrogens is 255 g/mol. The van der Waals surface area contributed by atoms with Crippen molar-refractivity contribution < 1.29 is 4.42 Å². The van der Waals surface area contributed by atoms with Gasteiger partial charge in [-0.15, -0.1) is 0 Å². The molecule has 0 aliphatic heterocycles. The third-order valence-electron chi connectivity index (χ3n) is 1.68. The number of halogens is 2. The van der Waals surface area contributed by atoms with Crippen LogP contribution in [0.4, 0.5) is 0 Å². The van der Waals surface area contributed by atoms with Crippen LogP contribution in [0.3, 0.4) is 0 Å². The average molecular weight is 259 g/mol. The molecule has 0 amide bonds. The predicted octanol–water partition coefficient (Wildman–Crippen LogP) is 3.21. The van der Waals surface area contributed by atoms with Gasteiger partial charge in [-0.1, -0.05) is 27.5 Å². The predicted molar refractivity (Wildman–Crippen MR) is 55.2 cm³/mol. The van der Waals surface area contributed by atoms with Gasteiger partial charge in [-0.25, -0.2) is 4.79 Å². The van der Waals surface area contributed by atoms with E-state index in [0.717, 1.165) is 9.86 Å². The van der Waals surface area contributed by atoms with E-state index in [9.17, 15) is 4.79 Å². The molecule has 0 saturated heterocycles. The normalized spacial score (nSPS) is 10.6. The van der Waals surface area contributed by atoms with Crippen LogP contribution in [-0.2, 0) is 0 Å². The van der Waals surface area contributed by atoms with Crippen molar-refractivity contribution >= 4 is 38.5 Å². The minimum absolute atomic E-state index is 0.396. The zero-order chi connectivity index (χ0) is 9.42. The SMILES string of the molecule is O=c1ccc2c(Br)ccc(Cl)c2o1. The Morgan fingerprint density at radius 3 is 2.77 bits per heavy atom. The third kappa shape index (κ3) is 1.49. The van der Waals surface area contributed by atoms with E-state index in [1.54, 1.807) is 12.1 Å². The molecule has 13 heavy (non-hydrogen) atoms. The van der Waals surface area contributed by atoms with Crippen molar-refractivity contribution in [2.45, 2.75) is 0 Å². The van der Waals surface area contributed by atoms with Gasteiger partial charge in [0.15, 0.2) is 5.58 Å². The molecule has 0 aliphatic carbocycles. The fourth-order valence-electron chi connectivity index (χ4n) is 1.09. The fraction of sp³-hybridized carbons (Fsp3) is 0. The van der Waals surface area contributed by atoms with Gasteiger partial charge in [-0.2, -0.15) is 0 Å². The molecule has 0 saturated carbocycles. The maximum Gasteiger partial charge on any atom is 0.336 e. The van der Waals surface area contributed by atoms with E-state index in [1.165, 1.54) is 6.07 Å². The second kappa shape index (κ2) is 3.16. The monoisotopic (exact) mass is 258 g/mol. The van der Waals surface area contributed by atoms with Gasteiger partial charge < -0.3 is 4.42 Å². The van der Waals surface area contributed by atoms with Crippen LogP contribution in [0.5, 0.6) is 0 Å². The molecule has 0 fully saturated rings. The Balaban J connectivity index is 3.00. The standard InChI is InChI=1S/C9H4BrClO2/c10-6-2-3-7(11)9-5(6)1-4-8(12)13-9/h1-4H. The van der Waals surface area contributed by atoms with Crippen LogP contribution in [0.1, 0.15) is 0 Å². The molecule has 1 aromatic heterocycles. The van der Waals surface area contributed by atoms with E-state index in [-0.39, 0.29) is 0 Å². The summed E-state index contributed by atoms with van der Waals surface area (Å²) in [5.74, 6) is 0. The van der Waals surface area contributed by atoms with Crippen molar-refractivity contribution in [1.82, 2.24) is 0 Å². The maximum absolute atomic E-state index is 10.9. The zero-order valence-electron chi connectivity index (χ0n) is 6.38. The van der Waals surface area contributed by atoms with Crippen LogP contribution in [0.15, 0.2) is 37.9 Å². The van der Waals surface area contributed by atoms with E-state index in [0.29, 0.717) is 10.6 Å². The smallest absolute Gasteiger partial charge is 0.336 e. The Morgan fingerprint density at radius 2 is 2.00 bits per heavy atom. The van der Waals surface area contributed by atoms with Gasteiger partial charge in [-0.3, -0.25) is 0 Å². The molecule has 2 aromatic rings. The van der Waals surface area contributed by atoms with E-state index in [2.05, 4.69) is 15.9 Å². The summed E-state index contributed by atoms with van der Waals surface area (Å²) in [4.78, 5) is 10.9. The summed E-state index contributed by atoms with van der Waals surface area (Å²) >= 11 is 9.18. The van der Waals surface area contributed by atoms with Crippen molar-refractivity contribution in [3.63, 3.8) is 0 Å². The largest absolute Gasteiger partial charge is 0.421 e. The first-order valence-corrected chi connectivity index (χ1v) is 4.73. The Kier molecular flexibility index (Phi) is 2.14. The van der Waals surface area contributed by atoms with Gasteiger partial charge in [-0.05, 0) is 18.2 Å². The highest BCUT2D eigenvalue weighted by Crippen LogP contribution is 2.28. The Hall–Kier alpha value is -0.800. The second-order valence-electron chi connectivity index (χ2n) is 2.53. The number of hydrogen-bond acceptors (Lipinski definition) is 2. The fourth-order valence-corrected chi connectivity index (χ4v) is 1.74. The second-order valence-corrected chi connectivity index (χ2v) is 3.79. The van der Waals surface area contributed by atoms with E-state index >= 15 is 0 Å². The summed E-state index contributed by atoms with van der Waals surface area (Å²) in [6.45, 7) is 0. The van der Waals surface area contributed by atoms with Gasteiger partial charge in [0.05, 0.1) is 5.02 Å². The first-order chi connectivity index (χ1) is 6.18. The van der Waals surface area contributed by atoms with Crippen LogP contribution in [0.25, 0.3) is 11.0 Å². The Labute approximate surface area is 87.3 Å². The molecule has 1 heterocycles. The molecule has 0 aliphatic rings. The summed E-state index contributed by atoms with van der Waals surface area (Å²) < 4.78 is 5.81. The minimum Gasteiger partial charge on any atom is -0.421 e. The summed E-state index contributed by atoms with van der Waals surface area (Å²) in [5.41, 5.74) is 0.0241. The molecule has 66 valence electrons. The molecule has 0 bridgehead atoms. The average Bonchev–Trinajstić information content (AvgIpc) is 2.12. The molecule has 2 rings (SSSR count). The lowest BCUT2D eigenvalue weighted by molar-refractivity contribution is 0.561. The summed E-state index contributed by atoms with van der Waals surface area (Å²) in [6.07, 6.45) is 0. The van der Waals surface area contributed by atoms with E-state index < -0.39 is 5.63 Å². The lowest BCUT2D eigenvalue weighted by Gasteiger charge is -1.99. The molecule has 2 nitrogen and oxygen atoms in total. The Bertz CT molecular complexity index is 518. The molecule has 4 heteroatoms. The van der Waals surface area contributed by atoms with Crippen molar-refractivity contribution in [2.24, 2.45) is 0 Å². The minimum atomic E-state index is -0.396. The summed E-state index contributed by atoms with van der Waals surface area (Å²) in [7, 11) is 0. The van der Waals surface area contributed by atoms with Gasteiger partial charge in [0.2, 0.25) is 0 Å². The van der Waals surface area contributed by atoms with Gasteiger partial charge in [0.1, 0.15) is 0 Å². The highest BCUT2D eigenvalue weighted by Gasteiger charge is 2.04. The van der Waals surface area contributed by atoms with E-state index in [4.69, 9.17) is 16.0 Å². The van der Waals surface area contributed by atoms with Gasteiger partial charge in [0.25, 0.3) is 0 Å². The highest BCUT2D eigenvalue weighted by molar-refractivity contribution is 9.10. The van der Waals surface area contributed by atoms with E-state index in [1.807, 2.05) is 6.07 Å². The van der Waals surface area contributed by atoms with Crippen LogP contribution >= 0.6 is 27.5 Å². The van der Waals surface area contributed by atoms with Crippen LogP contribution in [0.2, 0.25) is 5.02 Å². The van der Waals surface area contributed by atoms with Crippen molar-refractivity contribution in [2.75, 3.05) is 0 Å². The first kappa shape index (κ1) is 8.78. The van der Waals surface area contributed by atoms with Crippen molar-refractivity contribution in [3.05, 3.63) is 44.2 Å². The zero-order valence-corrected chi connectivity index (χ0v) is 8.72. The van der Waals surface area contributed by atoms with Crippen LogP contribution in [0, 0.1) is 0 Å². The number of benzene rings is 1. The third-order valence-corrected chi connectivity index (χ3v) is 2.67. The summed E-state index contributed by atoms with van der Waals surface area (Å²) in [6, 6.07) is 6.53. The number of hydrogen-bond donors (Lipinski definition) is 0. The quantitative estimate of drug-likeness (QED) is 0.680. The molecule has 0 atom stereocenters. The topological polar surface area (TPSA) is 30.2 Å². The molecular formula is C9H4BrClO2. The van der Waals surface area contributed by atoms with Gasteiger partial charge >= 0.3 is 5.63 Å². The highest BCUT2D eigenvalue weighted by atomic mass is 79.9.